The van der Waals surface area contributed by atoms with Gasteiger partial charge in [-0.3, -0.25) is 9.59 Å². The Hall–Kier alpha value is -2.64. The van der Waals surface area contributed by atoms with Gasteiger partial charge in [0.25, 0.3) is 5.91 Å². The van der Waals surface area contributed by atoms with Crippen LogP contribution in [0.2, 0.25) is 10.0 Å². The minimum Gasteiger partial charge on any atom is -0.493 e. The van der Waals surface area contributed by atoms with Crippen LogP contribution in [0.25, 0.3) is 0 Å². The number of methoxy groups -OCH3 is 1. The summed E-state index contributed by atoms with van der Waals surface area (Å²) in [5.41, 5.74) is 0.812. The monoisotopic (exact) mass is 424 g/mol. The van der Waals surface area contributed by atoms with E-state index in [4.69, 9.17) is 37.4 Å². The summed E-state index contributed by atoms with van der Waals surface area (Å²) in [6.07, 6.45) is 0. The molecule has 1 N–H and O–H groups in total. The maximum Gasteiger partial charge on any atom is 0.254 e. The topological polar surface area (TPSA) is 77.1 Å². The molecule has 1 aliphatic heterocycles. The molecule has 0 fully saturated rings. The molecular weight excluding hydrogens is 407 g/mol. The number of hydrogen-bond donors (Lipinski definition) is 1. The number of carbonyl (C=O) groups is 2. The molecule has 2 aromatic carbocycles. The van der Waals surface area contributed by atoms with Crippen molar-refractivity contribution >= 4 is 40.7 Å². The molecule has 0 saturated heterocycles. The predicted octanol–water partition coefficient (Wildman–Crippen LogP) is 3.48. The van der Waals surface area contributed by atoms with Gasteiger partial charge in [0.1, 0.15) is 13.2 Å². The van der Waals surface area contributed by atoms with Gasteiger partial charge in [0.05, 0.1) is 23.7 Å². The number of nitrogens with one attached hydrogen (secondary N) is 1. The zero-order valence-electron chi connectivity index (χ0n) is 15.3. The molecule has 3 rings (SSSR count). The van der Waals surface area contributed by atoms with Crippen LogP contribution in [0.3, 0.4) is 0 Å². The van der Waals surface area contributed by atoms with Crippen molar-refractivity contribution in [2.75, 3.05) is 39.2 Å². The quantitative estimate of drug-likeness (QED) is 0.794. The van der Waals surface area contributed by atoms with Gasteiger partial charge >= 0.3 is 0 Å². The molecule has 2 aromatic rings. The van der Waals surface area contributed by atoms with Crippen LogP contribution < -0.4 is 19.5 Å². The Bertz CT molecular complexity index is 902. The van der Waals surface area contributed by atoms with E-state index in [-0.39, 0.29) is 18.4 Å². The first-order valence-corrected chi connectivity index (χ1v) is 9.12. The van der Waals surface area contributed by atoms with Crippen molar-refractivity contribution in [3.05, 3.63) is 45.9 Å². The van der Waals surface area contributed by atoms with Crippen LogP contribution >= 0.6 is 23.2 Å². The number of hydrogen-bond acceptors (Lipinski definition) is 5. The van der Waals surface area contributed by atoms with Gasteiger partial charge < -0.3 is 24.4 Å². The first-order valence-electron chi connectivity index (χ1n) is 8.37. The van der Waals surface area contributed by atoms with Crippen LogP contribution in [0.5, 0.6) is 17.2 Å². The fraction of sp³-hybridized carbons (Fsp3) is 0.263. The second-order valence-electron chi connectivity index (χ2n) is 6.04. The highest BCUT2D eigenvalue weighted by Crippen LogP contribution is 2.40. The number of benzene rings is 2. The summed E-state index contributed by atoms with van der Waals surface area (Å²) in [5, 5.41) is 3.39. The molecule has 0 radical (unpaired) electrons. The van der Waals surface area contributed by atoms with E-state index in [1.54, 1.807) is 24.3 Å². The summed E-state index contributed by atoms with van der Waals surface area (Å²) >= 11 is 11.8. The number of amides is 2. The highest BCUT2D eigenvalue weighted by molar-refractivity contribution is 6.42. The van der Waals surface area contributed by atoms with Crippen molar-refractivity contribution in [1.82, 2.24) is 4.90 Å². The molecule has 0 aromatic heterocycles. The van der Waals surface area contributed by atoms with E-state index in [0.717, 1.165) is 0 Å². The van der Waals surface area contributed by atoms with E-state index < -0.39 is 0 Å². The zero-order chi connectivity index (χ0) is 20.3. The van der Waals surface area contributed by atoms with Crippen LogP contribution in [-0.4, -0.2) is 50.6 Å². The molecule has 1 heterocycles. The fourth-order valence-corrected chi connectivity index (χ4v) is 2.98. The number of likely N-dealkylation sites (N-methyl/N-ethyl adjacent to an activating group) is 1. The van der Waals surface area contributed by atoms with Crippen LogP contribution in [-0.2, 0) is 4.79 Å². The lowest BCUT2D eigenvalue weighted by molar-refractivity contribution is -0.116. The van der Waals surface area contributed by atoms with E-state index in [9.17, 15) is 9.59 Å². The van der Waals surface area contributed by atoms with E-state index >= 15 is 0 Å². The summed E-state index contributed by atoms with van der Waals surface area (Å²) in [4.78, 5) is 26.3. The molecule has 28 heavy (non-hydrogen) atoms. The molecule has 0 unspecified atom stereocenters. The molecular formula is C19H18Cl2N2O5. The van der Waals surface area contributed by atoms with Gasteiger partial charge in [-0.25, -0.2) is 0 Å². The van der Waals surface area contributed by atoms with Gasteiger partial charge in [0, 0.05) is 18.3 Å². The standard InChI is InChI=1S/C19H18Cl2N2O5/c1-23(10-17(24)22-12-3-4-13(20)14(21)9-12)19(25)11-7-15(26-2)18-16(8-11)27-5-6-28-18/h3-4,7-9H,5-6,10H2,1-2H3,(H,22,24). The van der Waals surface area contributed by atoms with Gasteiger partial charge in [-0.15, -0.1) is 0 Å². The van der Waals surface area contributed by atoms with E-state index in [0.29, 0.717) is 51.8 Å². The Morgan fingerprint density at radius 3 is 2.61 bits per heavy atom. The summed E-state index contributed by atoms with van der Waals surface area (Å²) in [6, 6.07) is 7.88. The molecule has 0 bridgehead atoms. The summed E-state index contributed by atoms with van der Waals surface area (Å²) in [5.74, 6) is 0.556. The number of ether oxygens (including phenoxy) is 3. The van der Waals surface area contributed by atoms with E-state index in [1.807, 2.05) is 0 Å². The Balaban J connectivity index is 1.70. The number of fused-ring (bicyclic) bond motifs is 1. The van der Waals surface area contributed by atoms with Crippen molar-refractivity contribution in [2.45, 2.75) is 0 Å². The van der Waals surface area contributed by atoms with Gasteiger partial charge in [-0.1, -0.05) is 23.2 Å². The lowest BCUT2D eigenvalue weighted by atomic mass is 10.1. The maximum absolute atomic E-state index is 12.7. The molecule has 7 nitrogen and oxygen atoms in total. The smallest absolute Gasteiger partial charge is 0.254 e. The van der Waals surface area contributed by atoms with Gasteiger partial charge in [0.15, 0.2) is 11.5 Å². The van der Waals surface area contributed by atoms with E-state index in [1.165, 1.54) is 25.1 Å². The summed E-state index contributed by atoms with van der Waals surface area (Å²) < 4.78 is 16.4. The summed E-state index contributed by atoms with van der Waals surface area (Å²) in [7, 11) is 3.01. The van der Waals surface area contributed by atoms with Crippen LogP contribution in [0.4, 0.5) is 5.69 Å². The van der Waals surface area contributed by atoms with Crippen molar-refractivity contribution in [3.63, 3.8) is 0 Å². The Kier molecular flexibility index (Phi) is 6.16. The third-order valence-corrected chi connectivity index (χ3v) is 4.74. The second-order valence-corrected chi connectivity index (χ2v) is 6.86. The van der Waals surface area contributed by atoms with Crippen LogP contribution in [0.1, 0.15) is 10.4 Å². The van der Waals surface area contributed by atoms with Gasteiger partial charge in [-0.2, -0.15) is 0 Å². The molecule has 0 atom stereocenters. The molecule has 148 valence electrons. The minimum atomic E-state index is -0.376. The second kappa shape index (κ2) is 8.58. The van der Waals surface area contributed by atoms with E-state index in [2.05, 4.69) is 5.32 Å². The third-order valence-electron chi connectivity index (χ3n) is 4.01. The lowest BCUT2D eigenvalue weighted by Gasteiger charge is -2.22. The lowest BCUT2D eigenvalue weighted by Crippen LogP contribution is -2.35. The zero-order valence-corrected chi connectivity index (χ0v) is 16.8. The van der Waals surface area contributed by atoms with Crippen molar-refractivity contribution in [1.29, 1.82) is 0 Å². The largest absolute Gasteiger partial charge is 0.493 e. The molecule has 2 amide bonds. The molecule has 9 heteroatoms. The maximum atomic E-state index is 12.7. The first-order chi connectivity index (χ1) is 13.4. The molecule has 0 spiro atoms. The highest BCUT2D eigenvalue weighted by Gasteiger charge is 2.23. The Morgan fingerprint density at radius 2 is 1.89 bits per heavy atom. The van der Waals surface area contributed by atoms with Gasteiger partial charge in [-0.05, 0) is 30.3 Å². The van der Waals surface area contributed by atoms with Crippen molar-refractivity contribution < 1.29 is 23.8 Å². The third kappa shape index (κ3) is 4.43. The first kappa shape index (κ1) is 20.1. The van der Waals surface area contributed by atoms with Gasteiger partial charge in [0.2, 0.25) is 11.7 Å². The number of halogens is 2. The number of nitrogens with zero attached hydrogens (tertiary/aromatic N) is 1. The predicted molar refractivity (Wildman–Crippen MR) is 106 cm³/mol. The Morgan fingerprint density at radius 1 is 1.14 bits per heavy atom. The number of anilines is 1. The average molecular weight is 425 g/mol. The Labute approximate surface area is 172 Å². The normalized spacial score (nSPS) is 12.3. The van der Waals surface area contributed by atoms with Crippen molar-refractivity contribution in [3.8, 4) is 17.2 Å². The molecule has 0 saturated carbocycles. The van der Waals surface area contributed by atoms with Crippen molar-refractivity contribution in [2.24, 2.45) is 0 Å². The minimum absolute atomic E-state index is 0.157. The SMILES string of the molecule is COc1cc(C(=O)N(C)CC(=O)Nc2ccc(Cl)c(Cl)c2)cc2c1OCCO2. The van der Waals surface area contributed by atoms with Crippen LogP contribution in [0.15, 0.2) is 30.3 Å². The number of carbonyl (C=O) groups excluding carboxylic acids is 2. The van der Waals surface area contributed by atoms with Crippen LogP contribution in [0, 0.1) is 0 Å². The average Bonchev–Trinajstić information content (AvgIpc) is 2.69. The molecule has 0 aliphatic carbocycles. The number of rotatable bonds is 5. The highest BCUT2D eigenvalue weighted by atomic mass is 35.5. The summed E-state index contributed by atoms with van der Waals surface area (Å²) in [6.45, 7) is 0.636. The molecule has 1 aliphatic rings. The fourth-order valence-electron chi connectivity index (χ4n) is 2.68.